The number of hydrogen-bond donors (Lipinski definition) is 2. The predicted molar refractivity (Wildman–Crippen MR) is 107 cm³/mol. The fourth-order valence-electron chi connectivity index (χ4n) is 2.40. The van der Waals surface area contributed by atoms with Crippen molar-refractivity contribution in [2.75, 3.05) is 6.61 Å². The number of ether oxygens (including phenoxy) is 1. The molecule has 2 amide bonds. The Morgan fingerprint density at radius 2 is 1.68 bits per heavy atom. The largest absolute Gasteiger partial charge is 0.494 e. The van der Waals surface area contributed by atoms with Crippen LogP contribution in [0.25, 0.3) is 6.08 Å². The Morgan fingerprint density at radius 3 is 2.36 bits per heavy atom. The van der Waals surface area contributed by atoms with Crippen LogP contribution in [0.2, 0.25) is 0 Å². The monoisotopic (exact) mass is 384 g/mol. The van der Waals surface area contributed by atoms with Crippen molar-refractivity contribution in [3.63, 3.8) is 0 Å². The van der Waals surface area contributed by atoms with Gasteiger partial charge in [-0.25, -0.2) is 4.39 Å². The number of halogens is 1. The highest BCUT2D eigenvalue weighted by molar-refractivity contribution is 5.97. The number of carbonyl (C=O) groups excluding carboxylic acids is 2. The molecule has 0 bridgehead atoms. The third-order valence-corrected chi connectivity index (χ3v) is 3.98. The number of hydrazine groups is 1. The van der Waals surface area contributed by atoms with Crippen LogP contribution < -0.4 is 15.6 Å². The number of carbonyl (C=O) groups is 2. The first-order valence-corrected chi connectivity index (χ1v) is 9.35. The van der Waals surface area contributed by atoms with E-state index in [9.17, 15) is 14.0 Å². The van der Waals surface area contributed by atoms with Gasteiger partial charge in [0.2, 0.25) is 0 Å². The van der Waals surface area contributed by atoms with Crippen LogP contribution in [0.5, 0.6) is 5.75 Å². The summed E-state index contributed by atoms with van der Waals surface area (Å²) >= 11 is 0. The highest BCUT2D eigenvalue weighted by atomic mass is 19.1. The molecule has 0 aromatic heterocycles. The molecule has 2 aromatic rings. The molecule has 0 saturated heterocycles. The Balaban J connectivity index is 1.74. The Hall–Kier alpha value is -3.15. The topological polar surface area (TPSA) is 67.4 Å². The molecule has 0 aliphatic heterocycles. The Kier molecular flexibility index (Phi) is 8.72. The molecule has 0 aliphatic carbocycles. The second-order valence-corrected chi connectivity index (χ2v) is 6.26. The first-order chi connectivity index (χ1) is 13.6. The van der Waals surface area contributed by atoms with Gasteiger partial charge in [-0.2, -0.15) is 0 Å². The summed E-state index contributed by atoms with van der Waals surface area (Å²) in [6, 6.07) is 12.4. The highest BCUT2D eigenvalue weighted by Gasteiger charge is 2.06. The molecule has 0 saturated carbocycles. The van der Waals surface area contributed by atoms with E-state index in [2.05, 4.69) is 17.8 Å². The lowest BCUT2D eigenvalue weighted by Crippen LogP contribution is -2.40. The zero-order valence-electron chi connectivity index (χ0n) is 15.9. The van der Waals surface area contributed by atoms with Gasteiger partial charge in [0.15, 0.2) is 0 Å². The van der Waals surface area contributed by atoms with E-state index < -0.39 is 11.8 Å². The van der Waals surface area contributed by atoms with Crippen LogP contribution in [0, 0.1) is 5.82 Å². The fourth-order valence-corrected chi connectivity index (χ4v) is 2.40. The standard InChI is InChI=1S/C22H25FN2O3/c1-2-3-4-5-16-28-20-13-9-18(10-14-20)22(27)25-24-21(26)15-8-17-6-11-19(23)12-7-17/h6-15H,2-5,16H2,1H3,(H,24,26)(H,25,27)/b15-8+. The molecule has 148 valence electrons. The van der Waals surface area contributed by atoms with Gasteiger partial charge < -0.3 is 4.74 Å². The molecule has 6 heteroatoms. The first-order valence-electron chi connectivity index (χ1n) is 9.35. The lowest BCUT2D eigenvalue weighted by atomic mass is 10.2. The molecule has 0 aliphatic rings. The number of hydrogen-bond acceptors (Lipinski definition) is 3. The summed E-state index contributed by atoms with van der Waals surface area (Å²) < 4.78 is 18.5. The zero-order chi connectivity index (χ0) is 20.2. The molecular weight excluding hydrogens is 359 g/mol. The maximum absolute atomic E-state index is 12.8. The molecule has 0 unspecified atom stereocenters. The van der Waals surface area contributed by atoms with Crippen molar-refractivity contribution in [2.45, 2.75) is 32.6 Å². The van der Waals surface area contributed by atoms with Gasteiger partial charge in [0.05, 0.1) is 6.61 Å². The van der Waals surface area contributed by atoms with Crippen molar-refractivity contribution in [2.24, 2.45) is 0 Å². The van der Waals surface area contributed by atoms with E-state index in [-0.39, 0.29) is 5.82 Å². The lowest BCUT2D eigenvalue weighted by Gasteiger charge is -2.08. The molecule has 0 atom stereocenters. The van der Waals surface area contributed by atoms with Crippen LogP contribution >= 0.6 is 0 Å². The molecule has 5 nitrogen and oxygen atoms in total. The van der Waals surface area contributed by atoms with Crippen LogP contribution in [0.1, 0.15) is 48.5 Å². The Bertz CT molecular complexity index is 786. The molecule has 0 fully saturated rings. The van der Waals surface area contributed by atoms with Crippen LogP contribution in [0.4, 0.5) is 4.39 Å². The lowest BCUT2D eigenvalue weighted by molar-refractivity contribution is -0.117. The van der Waals surface area contributed by atoms with Crippen LogP contribution in [-0.4, -0.2) is 18.4 Å². The number of amides is 2. The minimum absolute atomic E-state index is 0.346. The second-order valence-electron chi connectivity index (χ2n) is 6.26. The molecule has 28 heavy (non-hydrogen) atoms. The van der Waals surface area contributed by atoms with E-state index in [4.69, 9.17) is 4.74 Å². The van der Waals surface area contributed by atoms with Crippen molar-refractivity contribution in [1.29, 1.82) is 0 Å². The van der Waals surface area contributed by atoms with Gasteiger partial charge in [0, 0.05) is 11.6 Å². The Morgan fingerprint density at radius 1 is 0.964 bits per heavy atom. The smallest absolute Gasteiger partial charge is 0.269 e. The van der Waals surface area contributed by atoms with E-state index in [1.165, 1.54) is 37.1 Å². The third-order valence-electron chi connectivity index (χ3n) is 3.98. The average Bonchev–Trinajstić information content (AvgIpc) is 2.72. The predicted octanol–water partition coefficient (Wildman–Crippen LogP) is 4.26. The van der Waals surface area contributed by atoms with E-state index in [1.807, 2.05) is 0 Å². The average molecular weight is 384 g/mol. The number of nitrogens with one attached hydrogen (secondary N) is 2. The molecule has 2 N–H and O–H groups in total. The minimum atomic E-state index is -0.496. The van der Waals surface area contributed by atoms with Gasteiger partial charge in [0.1, 0.15) is 11.6 Å². The van der Waals surface area contributed by atoms with E-state index in [1.54, 1.807) is 36.4 Å². The van der Waals surface area contributed by atoms with Gasteiger partial charge in [-0.05, 0) is 54.5 Å². The quantitative estimate of drug-likeness (QED) is 0.386. The zero-order valence-corrected chi connectivity index (χ0v) is 15.9. The summed E-state index contributed by atoms with van der Waals surface area (Å²) in [7, 11) is 0. The molecule has 2 rings (SSSR count). The van der Waals surface area contributed by atoms with Crippen molar-refractivity contribution in [1.82, 2.24) is 10.9 Å². The molecule has 0 radical (unpaired) electrons. The number of benzene rings is 2. The van der Waals surface area contributed by atoms with Gasteiger partial charge in [-0.3, -0.25) is 20.4 Å². The highest BCUT2D eigenvalue weighted by Crippen LogP contribution is 2.13. The van der Waals surface area contributed by atoms with Crippen molar-refractivity contribution < 1.29 is 18.7 Å². The maximum atomic E-state index is 12.8. The summed E-state index contributed by atoms with van der Waals surface area (Å²) in [4.78, 5) is 23.8. The normalized spacial score (nSPS) is 10.6. The van der Waals surface area contributed by atoms with Gasteiger partial charge in [-0.15, -0.1) is 0 Å². The summed E-state index contributed by atoms with van der Waals surface area (Å²) in [5, 5.41) is 0. The summed E-state index contributed by atoms with van der Waals surface area (Å²) in [6.45, 7) is 2.82. The van der Waals surface area contributed by atoms with Crippen molar-refractivity contribution in [3.8, 4) is 5.75 Å². The van der Waals surface area contributed by atoms with Crippen LogP contribution in [-0.2, 0) is 4.79 Å². The van der Waals surface area contributed by atoms with Gasteiger partial charge in [0.25, 0.3) is 11.8 Å². The molecule has 2 aromatic carbocycles. The van der Waals surface area contributed by atoms with Crippen LogP contribution in [0.3, 0.4) is 0 Å². The molecular formula is C22H25FN2O3. The Labute approximate surface area is 164 Å². The second kappa shape index (κ2) is 11.5. The molecule has 0 heterocycles. The van der Waals surface area contributed by atoms with Gasteiger partial charge in [-0.1, -0.05) is 38.3 Å². The molecule has 0 spiro atoms. The van der Waals surface area contributed by atoms with E-state index in [0.717, 1.165) is 12.8 Å². The van der Waals surface area contributed by atoms with Crippen molar-refractivity contribution in [3.05, 3.63) is 71.6 Å². The first kappa shape index (κ1) is 21.2. The minimum Gasteiger partial charge on any atom is -0.494 e. The maximum Gasteiger partial charge on any atom is 0.269 e. The fraction of sp³-hybridized carbons (Fsp3) is 0.273. The number of rotatable bonds is 9. The summed E-state index contributed by atoms with van der Waals surface area (Å²) in [6.07, 6.45) is 7.31. The van der Waals surface area contributed by atoms with Crippen molar-refractivity contribution >= 4 is 17.9 Å². The van der Waals surface area contributed by atoms with Gasteiger partial charge >= 0.3 is 0 Å². The SMILES string of the molecule is CCCCCCOc1ccc(C(=O)NNC(=O)/C=C/c2ccc(F)cc2)cc1. The van der Waals surface area contributed by atoms with E-state index >= 15 is 0 Å². The summed E-state index contributed by atoms with van der Waals surface area (Å²) in [5.74, 6) is -0.566. The number of unbranched alkanes of at least 4 members (excludes halogenated alkanes) is 3. The third kappa shape index (κ3) is 7.61. The van der Waals surface area contributed by atoms with Crippen LogP contribution in [0.15, 0.2) is 54.6 Å². The summed E-state index contributed by atoms with van der Waals surface area (Å²) in [5.41, 5.74) is 5.72. The van der Waals surface area contributed by atoms with E-state index in [0.29, 0.717) is 23.5 Å².